The largest absolute Gasteiger partial charge is 1.00 e. The maximum atomic E-state index is 11.8. The molecule has 9 aromatic rings. The molecule has 0 bridgehead atoms. The molecule has 9 aromatic carbocycles. The van der Waals surface area contributed by atoms with Gasteiger partial charge in [-0.1, -0.05) is 195 Å². The summed E-state index contributed by atoms with van der Waals surface area (Å²) < 4.78 is 72.3. The molecular weight excluding hydrogens is 1410 g/mol. The summed E-state index contributed by atoms with van der Waals surface area (Å²) in [6.07, 6.45) is 18.2. The molecule has 0 radical (unpaired) electrons. The smallest absolute Gasteiger partial charge is 0.748 e. The van der Waals surface area contributed by atoms with E-state index in [4.69, 9.17) is 4.74 Å². The molecule has 1 aliphatic carbocycles. The monoisotopic (exact) mass is 1520 g/mol. The number of fused-ring (bicyclic) bond motifs is 12. The van der Waals surface area contributed by atoms with E-state index in [0.717, 1.165) is 115 Å². The van der Waals surface area contributed by atoms with Crippen LogP contribution in [0.3, 0.4) is 0 Å². The van der Waals surface area contributed by atoms with Crippen molar-refractivity contribution in [2.45, 2.75) is 176 Å². The number of aliphatic imine (C=N–C) groups is 1. The van der Waals surface area contributed by atoms with Crippen LogP contribution in [-0.4, -0.2) is 92.0 Å². The second kappa shape index (κ2) is 34.3. The molecule has 5 heterocycles. The van der Waals surface area contributed by atoms with Gasteiger partial charge in [0, 0.05) is 102 Å². The topological polar surface area (TPSA) is 143 Å². The zero-order valence-electron chi connectivity index (χ0n) is 67.4. The fraction of sp³-hybridized carbons (Fsp3) is 0.358. The van der Waals surface area contributed by atoms with Gasteiger partial charge in [0.05, 0.1) is 39.0 Å². The molecule has 0 atom stereocenters. The zero-order valence-corrected chi connectivity index (χ0v) is 71.0. The summed E-state index contributed by atoms with van der Waals surface area (Å²) in [4.78, 5) is 6.90. The van der Waals surface area contributed by atoms with Crippen molar-refractivity contribution in [3.8, 4) is 5.75 Å². The average molecular weight is 1520 g/mol. The Kier molecular flexibility index (Phi) is 25.8. The van der Waals surface area contributed by atoms with Gasteiger partial charge in [-0.05, 0) is 205 Å². The second-order valence-electron chi connectivity index (χ2n) is 32.1. The molecule has 1 fully saturated rings. The van der Waals surface area contributed by atoms with Crippen LogP contribution in [-0.2, 0) is 52.5 Å². The molecule has 5 aliphatic heterocycles. The third kappa shape index (κ3) is 17.5. The molecule has 6 aliphatic rings. The SMILES string of the molecule is C=C(C)C(=C)NCCc1ccc(OC2=C(/C=C/C3=[N+](CCCC)c4ccc5ccccc5c4C3(C)C)CCC/C2=C\C=C2\N(CCCS(=O)(=O)[O-])c3ccc4ccccc4c3C2(C)C)cc1.CC1=Nc2ccc3ccccc3c2C1(C)C.CCCC[N+]1=C(C)C(C)(C)c2c1ccc1ccccc21.O=S1(=O)CCCO1.[Na+]. The van der Waals surface area contributed by atoms with Crippen molar-refractivity contribution in [1.29, 1.82) is 0 Å². The van der Waals surface area contributed by atoms with E-state index in [1.165, 1.54) is 107 Å². The minimum atomic E-state index is -4.37. The van der Waals surface area contributed by atoms with Crippen LogP contribution in [0.4, 0.5) is 22.7 Å². The Morgan fingerprint density at radius 2 is 1.16 bits per heavy atom. The van der Waals surface area contributed by atoms with E-state index in [1.807, 2.05) is 6.92 Å². The summed E-state index contributed by atoms with van der Waals surface area (Å²) >= 11 is 0. The van der Waals surface area contributed by atoms with E-state index in [0.29, 0.717) is 19.6 Å². The van der Waals surface area contributed by atoms with E-state index in [-0.39, 0.29) is 58.0 Å². The van der Waals surface area contributed by atoms with Gasteiger partial charge >= 0.3 is 29.6 Å². The van der Waals surface area contributed by atoms with Crippen LogP contribution in [0.2, 0.25) is 0 Å². The third-order valence-electron chi connectivity index (χ3n) is 23.2. The van der Waals surface area contributed by atoms with Crippen LogP contribution >= 0.6 is 0 Å². The predicted octanol–water partition coefficient (Wildman–Crippen LogP) is 19.0. The molecule has 15 rings (SSSR count). The summed E-state index contributed by atoms with van der Waals surface area (Å²) in [5.41, 5.74) is 20.2. The molecule has 568 valence electrons. The van der Waals surface area contributed by atoms with Gasteiger partial charge in [-0.3, -0.25) is 9.18 Å². The Hall–Kier alpha value is -8.31. The molecule has 12 nitrogen and oxygen atoms in total. The number of benzene rings is 9. The second-order valence-corrected chi connectivity index (χ2v) is 35.4. The normalized spacial score (nSPS) is 18.1. The van der Waals surface area contributed by atoms with Crippen LogP contribution in [0.5, 0.6) is 5.75 Å². The molecule has 15 heteroatoms. The molecule has 0 saturated carbocycles. The number of hydrogen-bond acceptors (Lipinski definition) is 10. The van der Waals surface area contributed by atoms with Crippen molar-refractivity contribution in [3.05, 3.63) is 269 Å². The van der Waals surface area contributed by atoms with Crippen LogP contribution < -0.4 is 44.5 Å². The number of nitrogens with zero attached hydrogens (tertiary/aromatic N) is 4. The Bertz CT molecular complexity index is 5490. The molecule has 110 heavy (non-hydrogen) atoms. The standard InChI is InChI=1S/C58H65N3O4S.C19H24N.C15H15N.C3H6O3S.Na/c1-9-10-37-60-50-31-25-43-17-11-13-21-48(43)54(50)57(5,6)52(60)33-27-45-19-15-20-46(56(45)65-47-29-23-42(24-30-47)35-36-59-41(4)40(2)3)28-34-53-58(7,8)55-49-22-14-12-18-44(49)26-32-51(55)61(53)38-16-39-66(62,63)64;1-5-6-13-20-14(2)19(3,4)18-16-10-8-7-9-15(16)11-12-17(18)20;1-10-15(2,3)14-12-7-5-4-6-11(12)8-9-13(14)16-10;4-7(5)3-1-2-6-7;/h11-14,17-18,21-34,59H,2,4,9-10,15-16,19-20,35-39H2,1,3,5-8H3;7-12H,5-6,13H2,1-4H3;4-9H,1-3H3;1-3H2;/q;+1;;;+1. The number of rotatable bonds is 20. The van der Waals surface area contributed by atoms with Crippen molar-refractivity contribution >= 4 is 103 Å². The quantitative estimate of drug-likeness (QED) is 0.0259. The Labute approximate surface area is 677 Å². The maximum Gasteiger partial charge on any atom is 1.00 e. The molecular formula is C95H110N5NaO7S2+2. The Morgan fingerprint density at radius 1 is 0.627 bits per heavy atom. The minimum Gasteiger partial charge on any atom is -0.748 e. The van der Waals surface area contributed by atoms with E-state index in [9.17, 15) is 21.4 Å². The van der Waals surface area contributed by atoms with Crippen molar-refractivity contribution in [2.24, 2.45) is 4.99 Å². The molecule has 0 amide bonds. The van der Waals surface area contributed by atoms with E-state index < -0.39 is 31.4 Å². The molecule has 0 spiro atoms. The predicted molar refractivity (Wildman–Crippen MR) is 456 cm³/mol. The van der Waals surface area contributed by atoms with Crippen molar-refractivity contribution in [1.82, 2.24) is 5.32 Å². The number of allylic oxidation sites excluding steroid dienone is 8. The minimum absolute atomic E-state index is 0. The van der Waals surface area contributed by atoms with Gasteiger partial charge in [-0.15, -0.1) is 0 Å². The number of hydrogen-bond donors (Lipinski definition) is 1. The van der Waals surface area contributed by atoms with Crippen molar-refractivity contribution in [3.63, 3.8) is 0 Å². The van der Waals surface area contributed by atoms with Gasteiger partial charge in [-0.2, -0.15) is 17.6 Å². The van der Waals surface area contributed by atoms with Crippen molar-refractivity contribution < 1.29 is 69.0 Å². The summed E-state index contributed by atoms with van der Waals surface area (Å²) in [5, 5.41) is 13.7. The van der Waals surface area contributed by atoms with Gasteiger partial charge in [0.2, 0.25) is 11.4 Å². The van der Waals surface area contributed by atoms with E-state index >= 15 is 0 Å². The summed E-state index contributed by atoms with van der Waals surface area (Å²) in [6.45, 7) is 41.0. The van der Waals surface area contributed by atoms with Crippen LogP contribution in [0.25, 0.3) is 43.1 Å². The van der Waals surface area contributed by atoms with Gasteiger partial charge in [-0.25, -0.2) is 8.42 Å². The van der Waals surface area contributed by atoms with Crippen LogP contribution in [0.1, 0.15) is 176 Å². The average Bonchev–Trinajstić information content (AvgIpc) is 1.59. The fourth-order valence-electron chi connectivity index (χ4n) is 16.8. The Morgan fingerprint density at radius 3 is 1.71 bits per heavy atom. The van der Waals surface area contributed by atoms with Gasteiger partial charge in [0.25, 0.3) is 10.1 Å². The summed E-state index contributed by atoms with van der Waals surface area (Å²) in [5.74, 6) is 1.43. The third-order valence-corrected chi connectivity index (χ3v) is 25.3. The van der Waals surface area contributed by atoms with Gasteiger partial charge in [0.1, 0.15) is 24.6 Å². The number of anilines is 1. The first kappa shape index (κ1) is 82.6. The van der Waals surface area contributed by atoms with Crippen molar-refractivity contribution in [2.75, 3.05) is 49.2 Å². The molecule has 1 N–H and O–H groups in total. The van der Waals surface area contributed by atoms with Gasteiger partial charge in [0.15, 0.2) is 11.4 Å². The zero-order chi connectivity index (χ0) is 77.8. The Balaban J connectivity index is 0.000000216. The number of unbranched alkanes of at least 4 members (excludes halogenated alkanes) is 2. The summed E-state index contributed by atoms with van der Waals surface area (Å²) in [7, 11) is -7.41. The van der Waals surface area contributed by atoms with Crippen LogP contribution in [0.15, 0.2) is 246 Å². The molecule has 1 saturated heterocycles. The first-order valence-corrected chi connectivity index (χ1v) is 42.3. The fourth-order valence-corrected chi connectivity index (χ4v) is 18.2. The van der Waals surface area contributed by atoms with E-state index in [1.54, 1.807) is 0 Å². The maximum absolute atomic E-state index is 11.8. The molecule has 0 aromatic heterocycles. The number of nitrogens with one attached hydrogen (secondary N) is 1. The molecule has 0 unspecified atom stereocenters. The van der Waals surface area contributed by atoms with Crippen LogP contribution in [0, 0.1) is 0 Å². The first-order chi connectivity index (χ1) is 52.0. The number of ether oxygens (including phenoxy) is 1. The van der Waals surface area contributed by atoms with Gasteiger partial charge < -0.3 is 19.5 Å². The van der Waals surface area contributed by atoms with E-state index in [2.05, 4.69) is 319 Å². The summed E-state index contributed by atoms with van der Waals surface area (Å²) in [6, 6.07) is 60.6. The first-order valence-electron chi connectivity index (χ1n) is 39.1.